The van der Waals surface area contributed by atoms with E-state index in [1.54, 1.807) is 0 Å². The predicted molar refractivity (Wildman–Crippen MR) is 159 cm³/mol. The summed E-state index contributed by atoms with van der Waals surface area (Å²) in [6.07, 6.45) is 21.5. The van der Waals surface area contributed by atoms with Crippen LogP contribution in [0.25, 0.3) is 0 Å². The minimum absolute atomic E-state index is 0.0563. The number of nitrogens with two attached hydrogens (primary N) is 2. The van der Waals surface area contributed by atoms with Crippen molar-refractivity contribution in [2.75, 3.05) is 32.7 Å². The van der Waals surface area contributed by atoms with Crippen LogP contribution >= 0.6 is 0 Å². The summed E-state index contributed by atoms with van der Waals surface area (Å²) in [5.74, 6) is -0.113. The van der Waals surface area contributed by atoms with E-state index in [1.165, 1.54) is 77.0 Å². The lowest BCUT2D eigenvalue weighted by molar-refractivity contribution is -0.123. The zero-order valence-electron chi connectivity index (χ0n) is 24.8. The van der Waals surface area contributed by atoms with Crippen LogP contribution < -0.4 is 22.1 Å². The number of nitrogens with one attached hydrogen (secondary N) is 2. The van der Waals surface area contributed by atoms with E-state index in [-0.39, 0.29) is 11.8 Å². The number of nitrogens with zero attached hydrogens (tertiary/aromatic N) is 1. The maximum Gasteiger partial charge on any atom is 0.236 e. The zero-order valence-corrected chi connectivity index (χ0v) is 24.8. The van der Waals surface area contributed by atoms with E-state index >= 15 is 0 Å². The van der Waals surface area contributed by atoms with Gasteiger partial charge in [-0.15, -0.1) is 0 Å². The first-order valence-corrected chi connectivity index (χ1v) is 15.7. The molecule has 0 spiro atoms. The van der Waals surface area contributed by atoms with E-state index in [0.29, 0.717) is 13.1 Å². The fourth-order valence-electron chi connectivity index (χ4n) is 4.62. The maximum atomic E-state index is 12.3. The number of likely N-dealkylation sites (N-methyl/N-ethyl adjacent to an activating group) is 1. The van der Waals surface area contributed by atoms with Gasteiger partial charge in [0.2, 0.25) is 11.8 Å². The molecule has 7 nitrogen and oxygen atoms in total. The fraction of sp³-hybridized carbons (Fsp3) is 0.933. The van der Waals surface area contributed by atoms with Crippen molar-refractivity contribution in [2.45, 2.75) is 148 Å². The molecule has 0 aromatic carbocycles. The molecule has 0 aliphatic heterocycles. The molecule has 0 rings (SSSR count). The molecule has 220 valence electrons. The molecule has 0 saturated heterocycles. The van der Waals surface area contributed by atoms with Gasteiger partial charge in [-0.1, -0.05) is 124 Å². The highest BCUT2D eigenvalue weighted by molar-refractivity contribution is 5.81. The average Bonchev–Trinajstić information content (AvgIpc) is 2.90. The van der Waals surface area contributed by atoms with Gasteiger partial charge < -0.3 is 27.0 Å². The first kappa shape index (κ1) is 35.8. The summed E-state index contributed by atoms with van der Waals surface area (Å²) >= 11 is 0. The Morgan fingerprint density at radius 1 is 0.568 bits per heavy atom. The number of carbonyl (C=O) groups is 2. The van der Waals surface area contributed by atoms with Crippen LogP contribution in [-0.4, -0.2) is 61.5 Å². The second-order valence-electron chi connectivity index (χ2n) is 10.8. The summed E-state index contributed by atoms with van der Waals surface area (Å²) in [7, 11) is 0. The minimum atomic E-state index is -0.419. The molecule has 2 atom stereocenters. The quantitative estimate of drug-likeness (QED) is 0.109. The summed E-state index contributed by atoms with van der Waals surface area (Å²) in [5, 5.41) is 5.95. The molecular weight excluding hydrogens is 462 g/mol. The van der Waals surface area contributed by atoms with Gasteiger partial charge in [-0.3, -0.25) is 9.59 Å². The van der Waals surface area contributed by atoms with Crippen LogP contribution in [-0.2, 0) is 9.59 Å². The van der Waals surface area contributed by atoms with Crippen LogP contribution in [0.15, 0.2) is 0 Å². The summed E-state index contributed by atoms with van der Waals surface area (Å²) in [6, 6.07) is -0.839. The van der Waals surface area contributed by atoms with Crippen molar-refractivity contribution < 1.29 is 9.59 Å². The van der Waals surface area contributed by atoms with Crippen LogP contribution in [0.2, 0.25) is 0 Å². The Bertz CT molecular complexity index is 488. The third-order valence-corrected chi connectivity index (χ3v) is 7.31. The standard InChI is InChI=1S/C30H63N5O2/c1-4-7-9-11-13-15-17-19-21-27(31)29(36)33-23-25-35(6-3)26-24-34-30(37)28(32)22-20-18-16-14-12-10-8-5-2/h27-28H,4-26,31-32H2,1-3H3,(H,33,36)(H,34,37). The third-order valence-electron chi connectivity index (χ3n) is 7.31. The summed E-state index contributed by atoms with van der Waals surface area (Å²) in [4.78, 5) is 26.8. The van der Waals surface area contributed by atoms with Crippen molar-refractivity contribution in [3.8, 4) is 0 Å². The molecule has 0 saturated carbocycles. The van der Waals surface area contributed by atoms with Gasteiger partial charge in [0.1, 0.15) is 0 Å². The molecule has 0 aromatic heterocycles. The van der Waals surface area contributed by atoms with E-state index in [0.717, 1.165) is 58.2 Å². The molecule has 0 bridgehead atoms. The lowest BCUT2D eigenvalue weighted by Crippen LogP contribution is -2.46. The molecule has 6 N–H and O–H groups in total. The number of rotatable bonds is 27. The summed E-state index contributed by atoms with van der Waals surface area (Å²) in [6.45, 7) is 10.1. The molecule has 2 unspecified atom stereocenters. The number of hydrogen-bond acceptors (Lipinski definition) is 5. The van der Waals surface area contributed by atoms with E-state index in [4.69, 9.17) is 11.5 Å². The van der Waals surface area contributed by atoms with Gasteiger partial charge in [-0.05, 0) is 19.4 Å². The second-order valence-corrected chi connectivity index (χ2v) is 10.8. The first-order chi connectivity index (χ1) is 18.0. The number of unbranched alkanes of at least 4 members (excludes halogenated alkanes) is 14. The Morgan fingerprint density at radius 3 is 1.22 bits per heavy atom. The van der Waals surface area contributed by atoms with Crippen molar-refractivity contribution in [1.29, 1.82) is 0 Å². The van der Waals surface area contributed by atoms with Gasteiger partial charge in [0, 0.05) is 26.2 Å². The van der Waals surface area contributed by atoms with Crippen LogP contribution in [0.3, 0.4) is 0 Å². The highest BCUT2D eigenvalue weighted by atomic mass is 16.2. The largest absolute Gasteiger partial charge is 0.353 e. The zero-order chi connectivity index (χ0) is 27.6. The van der Waals surface area contributed by atoms with Crippen molar-refractivity contribution in [3.05, 3.63) is 0 Å². The van der Waals surface area contributed by atoms with Crippen LogP contribution in [0, 0.1) is 0 Å². The van der Waals surface area contributed by atoms with Gasteiger partial charge in [0.25, 0.3) is 0 Å². The van der Waals surface area contributed by atoms with Crippen LogP contribution in [0.1, 0.15) is 136 Å². The van der Waals surface area contributed by atoms with Crippen LogP contribution in [0.5, 0.6) is 0 Å². The van der Waals surface area contributed by atoms with Crippen molar-refractivity contribution in [3.63, 3.8) is 0 Å². The highest BCUT2D eigenvalue weighted by Crippen LogP contribution is 2.11. The van der Waals surface area contributed by atoms with E-state index in [1.807, 2.05) is 0 Å². The third kappa shape index (κ3) is 22.5. The minimum Gasteiger partial charge on any atom is -0.353 e. The Morgan fingerprint density at radius 2 is 0.892 bits per heavy atom. The second kappa shape index (κ2) is 26.4. The van der Waals surface area contributed by atoms with Gasteiger partial charge >= 0.3 is 0 Å². The molecule has 0 fully saturated rings. The normalized spacial score (nSPS) is 13.0. The lowest BCUT2D eigenvalue weighted by atomic mass is 10.0. The summed E-state index contributed by atoms with van der Waals surface area (Å²) in [5.41, 5.74) is 12.2. The van der Waals surface area contributed by atoms with Gasteiger partial charge in [0.15, 0.2) is 0 Å². The summed E-state index contributed by atoms with van der Waals surface area (Å²) < 4.78 is 0. The predicted octanol–water partition coefficient (Wildman–Crippen LogP) is 5.26. The molecule has 0 radical (unpaired) electrons. The Balaban J connectivity index is 3.81. The first-order valence-electron chi connectivity index (χ1n) is 15.7. The van der Waals surface area contributed by atoms with Crippen LogP contribution in [0.4, 0.5) is 0 Å². The van der Waals surface area contributed by atoms with Crippen molar-refractivity contribution >= 4 is 11.8 Å². The smallest absolute Gasteiger partial charge is 0.236 e. The Kier molecular flexibility index (Phi) is 25.6. The van der Waals surface area contributed by atoms with Gasteiger partial charge in [0.05, 0.1) is 12.1 Å². The van der Waals surface area contributed by atoms with Gasteiger partial charge in [-0.2, -0.15) is 0 Å². The highest BCUT2D eigenvalue weighted by Gasteiger charge is 2.14. The number of carbonyl (C=O) groups excluding carboxylic acids is 2. The molecule has 0 aromatic rings. The van der Waals surface area contributed by atoms with E-state index < -0.39 is 12.1 Å². The molecule has 0 aliphatic carbocycles. The van der Waals surface area contributed by atoms with Crippen molar-refractivity contribution in [2.24, 2.45) is 11.5 Å². The number of amides is 2. The lowest BCUT2D eigenvalue weighted by Gasteiger charge is -2.22. The van der Waals surface area contributed by atoms with E-state index in [2.05, 4.69) is 36.3 Å². The van der Waals surface area contributed by atoms with Crippen molar-refractivity contribution in [1.82, 2.24) is 15.5 Å². The molecule has 7 heteroatoms. The molecule has 0 heterocycles. The molecular formula is C30H63N5O2. The topological polar surface area (TPSA) is 113 Å². The Hall–Kier alpha value is -1.18. The molecule has 0 aliphatic rings. The molecule has 37 heavy (non-hydrogen) atoms. The van der Waals surface area contributed by atoms with Gasteiger partial charge in [-0.25, -0.2) is 0 Å². The van der Waals surface area contributed by atoms with E-state index in [9.17, 15) is 9.59 Å². The number of hydrogen-bond donors (Lipinski definition) is 4. The fourth-order valence-corrected chi connectivity index (χ4v) is 4.62. The maximum absolute atomic E-state index is 12.3. The molecule has 2 amide bonds. The Labute approximate surface area is 229 Å². The SMILES string of the molecule is CCCCCCCCCCC(N)C(=O)NCCN(CC)CCNC(=O)C(N)CCCCCCCCCC. The monoisotopic (exact) mass is 525 g/mol. The average molecular weight is 526 g/mol.